The number of para-hydroxylation sites is 2. The Morgan fingerprint density at radius 1 is 0.706 bits per heavy atom. The number of benzene rings is 3. The Morgan fingerprint density at radius 2 is 1.21 bits per heavy atom. The number of halogens is 1. The Balaban J connectivity index is 1.18. The first-order valence-corrected chi connectivity index (χ1v) is 11.5. The lowest BCUT2D eigenvalue weighted by Gasteiger charge is -2.33. The molecule has 1 aliphatic rings. The molecule has 4 rings (SSSR count). The number of carbonyl (C=O) groups is 2. The molecule has 1 saturated heterocycles. The minimum absolute atomic E-state index is 0.0284. The topological polar surface area (TPSA) is 73.9 Å². The molecule has 0 aromatic heterocycles. The van der Waals surface area contributed by atoms with Crippen molar-refractivity contribution in [3.05, 3.63) is 83.9 Å². The second-order valence-corrected chi connectivity index (χ2v) is 8.48. The molecule has 0 saturated carbocycles. The second kappa shape index (κ2) is 11.7. The lowest BCUT2D eigenvalue weighted by atomic mass is 10.2. The quantitative estimate of drug-likeness (QED) is 0.504. The lowest BCUT2D eigenvalue weighted by Crippen LogP contribution is -2.50. The first-order valence-electron chi connectivity index (χ1n) is 11.2. The van der Waals surface area contributed by atoms with Gasteiger partial charge >= 0.3 is 0 Å². The van der Waals surface area contributed by atoms with Crippen LogP contribution in [0.15, 0.2) is 78.9 Å². The molecule has 0 bridgehead atoms. The van der Waals surface area contributed by atoms with Gasteiger partial charge in [0, 0.05) is 37.6 Å². The van der Waals surface area contributed by atoms with Gasteiger partial charge in [-0.1, -0.05) is 41.9 Å². The average molecular weight is 479 g/mol. The van der Waals surface area contributed by atoms with Crippen molar-refractivity contribution in [3.63, 3.8) is 0 Å². The molecule has 2 amide bonds. The molecule has 0 radical (unpaired) electrons. The van der Waals surface area contributed by atoms with E-state index in [2.05, 4.69) is 20.4 Å². The van der Waals surface area contributed by atoms with Crippen LogP contribution in [0.4, 0.5) is 11.4 Å². The third-order valence-electron chi connectivity index (χ3n) is 5.46. The summed E-state index contributed by atoms with van der Waals surface area (Å²) in [5.41, 5.74) is 1.50. The zero-order valence-corrected chi connectivity index (χ0v) is 19.5. The van der Waals surface area contributed by atoms with E-state index in [-0.39, 0.29) is 11.8 Å². The van der Waals surface area contributed by atoms with Crippen molar-refractivity contribution in [1.29, 1.82) is 0 Å². The number of nitrogens with zero attached hydrogens (tertiary/aromatic N) is 2. The molecule has 1 fully saturated rings. The van der Waals surface area contributed by atoms with E-state index in [4.69, 9.17) is 16.3 Å². The van der Waals surface area contributed by atoms with E-state index in [0.29, 0.717) is 35.3 Å². The molecular weight excluding hydrogens is 452 g/mol. The van der Waals surface area contributed by atoms with Crippen molar-refractivity contribution in [3.8, 4) is 11.5 Å². The molecule has 1 heterocycles. The summed E-state index contributed by atoms with van der Waals surface area (Å²) >= 11 is 6.12. The van der Waals surface area contributed by atoms with E-state index in [0.717, 1.165) is 31.9 Å². The molecule has 8 heteroatoms. The van der Waals surface area contributed by atoms with Gasteiger partial charge < -0.3 is 15.4 Å². The predicted molar refractivity (Wildman–Crippen MR) is 135 cm³/mol. The van der Waals surface area contributed by atoms with Crippen molar-refractivity contribution in [2.75, 3.05) is 49.9 Å². The van der Waals surface area contributed by atoms with Crippen LogP contribution in [0.5, 0.6) is 11.5 Å². The van der Waals surface area contributed by atoms with Gasteiger partial charge in [-0.3, -0.25) is 19.4 Å². The summed E-state index contributed by atoms with van der Waals surface area (Å²) in [5, 5.41) is 6.37. The maximum Gasteiger partial charge on any atom is 0.238 e. The van der Waals surface area contributed by atoms with Gasteiger partial charge in [-0.05, 0) is 48.5 Å². The fraction of sp³-hybridized carbons (Fsp3) is 0.231. The van der Waals surface area contributed by atoms with E-state index in [1.54, 1.807) is 36.4 Å². The van der Waals surface area contributed by atoms with Gasteiger partial charge in [0.2, 0.25) is 11.8 Å². The minimum atomic E-state index is -0.0740. The van der Waals surface area contributed by atoms with E-state index >= 15 is 0 Å². The fourth-order valence-electron chi connectivity index (χ4n) is 3.70. The highest BCUT2D eigenvalue weighted by Crippen LogP contribution is 2.29. The number of nitrogens with one attached hydrogen (secondary N) is 2. The van der Waals surface area contributed by atoms with Crippen molar-refractivity contribution < 1.29 is 14.3 Å². The molecule has 3 aromatic carbocycles. The number of anilines is 2. The number of hydrogen-bond donors (Lipinski definition) is 2. The molecule has 2 N–H and O–H groups in total. The Hall–Kier alpha value is -3.39. The summed E-state index contributed by atoms with van der Waals surface area (Å²) in [6.45, 7) is 3.60. The van der Waals surface area contributed by atoms with Gasteiger partial charge in [-0.15, -0.1) is 0 Å². The van der Waals surface area contributed by atoms with E-state index in [9.17, 15) is 9.59 Å². The van der Waals surface area contributed by atoms with Crippen LogP contribution in [0.2, 0.25) is 5.02 Å². The van der Waals surface area contributed by atoms with Crippen LogP contribution in [0.25, 0.3) is 0 Å². The maximum absolute atomic E-state index is 12.5. The summed E-state index contributed by atoms with van der Waals surface area (Å²) in [6, 6.07) is 23.9. The van der Waals surface area contributed by atoms with E-state index in [1.807, 2.05) is 42.5 Å². The Labute approximate surface area is 204 Å². The highest BCUT2D eigenvalue weighted by molar-refractivity contribution is 6.32. The van der Waals surface area contributed by atoms with Crippen molar-refractivity contribution >= 4 is 34.8 Å². The van der Waals surface area contributed by atoms with Crippen LogP contribution < -0.4 is 15.4 Å². The highest BCUT2D eigenvalue weighted by Gasteiger charge is 2.20. The first kappa shape index (κ1) is 23.8. The molecule has 0 unspecified atom stereocenters. The van der Waals surface area contributed by atoms with Crippen LogP contribution in [0.3, 0.4) is 0 Å². The van der Waals surface area contributed by atoms with Crippen molar-refractivity contribution in [2.24, 2.45) is 0 Å². The van der Waals surface area contributed by atoms with Crippen LogP contribution in [0.1, 0.15) is 0 Å². The Kier molecular flexibility index (Phi) is 8.14. The van der Waals surface area contributed by atoms with Gasteiger partial charge in [-0.25, -0.2) is 0 Å². The van der Waals surface area contributed by atoms with Gasteiger partial charge in [0.15, 0.2) is 0 Å². The SMILES string of the molecule is O=C(CN1CCN(CC(=O)Nc2ccc(Oc3ccccc3Cl)cc2)CC1)Nc1ccccc1. The normalized spacial score (nSPS) is 14.4. The molecule has 34 heavy (non-hydrogen) atoms. The number of carbonyl (C=O) groups excluding carboxylic acids is 2. The van der Waals surface area contributed by atoms with Crippen LogP contribution in [-0.2, 0) is 9.59 Å². The number of piperazine rings is 1. The van der Waals surface area contributed by atoms with Crippen molar-refractivity contribution in [2.45, 2.75) is 0 Å². The molecule has 3 aromatic rings. The third kappa shape index (κ3) is 7.05. The van der Waals surface area contributed by atoms with Gasteiger partial charge in [0.25, 0.3) is 0 Å². The molecule has 0 atom stereocenters. The summed E-state index contributed by atoms with van der Waals surface area (Å²) in [7, 11) is 0. The van der Waals surface area contributed by atoms with Crippen LogP contribution >= 0.6 is 11.6 Å². The monoisotopic (exact) mass is 478 g/mol. The van der Waals surface area contributed by atoms with E-state index in [1.165, 1.54) is 0 Å². The summed E-state index contributed by atoms with van der Waals surface area (Å²) in [5.74, 6) is 1.12. The summed E-state index contributed by atoms with van der Waals surface area (Å²) in [4.78, 5) is 28.9. The number of amides is 2. The fourth-order valence-corrected chi connectivity index (χ4v) is 3.87. The van der Waals surface area contributed by atoms with Gasteiger partial charge in [0.1, 0.15) is 11.5 Å². The molecule has 0 spiro atoms. The lowest BCUT2D eigenvalue weighted by molar-refractivity contribution is -0.120. The molecule has 0 aliphatic carbocycles. The largest absolute Gasteiger partial charge is 0.456 e. The molecular formula is C26H27ClN4O3. The zero-order chi connectivity index (χ0) is 23.8. The number of rotatable bonds is 8. The maximum atomic E-state index is 12.5. The second-order valence-electron chi connectivity index (χ2n) is 8.07. The number of hydrogen-bond acceptors (Lipinski definition) is 5. The first-order chi connectivity index (χ1) is 16.5. The Bertz CT molecular complexity index is 1100. The van der Waals surface area contributed by atoms with Crippen LogP contribution in [-0.4, -0.2) is 60.9 Å². The highest BCUT2D eigenvalue weighted by atomic mass is 35.5. The summed E-state index contributed by atoms with van der Waals surface area (Å²) in [6.07, 6.45) is 0. The predicted octanol–water partition coefficient (Wildman–Crippen LogP) is 4.33. The average Bonchev–Trinajstić information content (AvgIpc) is 2.83. The standard InChI is InChI=1S/C26H27ClN4O3/c27-23-8-4-5-9-24(23)34-22-12-10-21(11-13-22)29-26(33)19-31-16-14-30(15-17-31)18-25(32)28-20-6-2-1-3-7-20/h1-13H,14-19H2,(H,28,32)(H,29,33). The molecule has 7 nitrogen and oxygen atoms in total. The molecule has 1 aliphatic heterocycles. The van der Waals surface area contributed by atoms with Crippen LogP contribution in [0, 0.1) is 0 Å². The third-order valence-corrected chi connectivity index (χ3v) is 5.77. The van der Waals surface area contributed by atoms with Crippen molar-refractivity contribution in [1.82, 2.24) is 9.80 Å². The number of ether oxygens (including phenoxy) is 1. The minimum Gasteiger partial charge on any atom is -0.456 e. The summed E-state index contributed by atoms with van der Waals surface area (Å²) < 4.78 is 5.78. The van der Waals surface area contributed by atoms with E-state index < -0.39 is 0 Å². The molecule has 176 valence electrons. The zero-order valence-electron chi connectivity index (χ0n) is 18.7. The van der Waals surface area contributed by atoms with Gasteiger partial charge in [0.05, 0.1) is 18.1 Å². The Morgan fingerprint density at radius 3 is 1.76 bits per heavy atom. The van der Waals surface area contributed by atoms with Gasteiger partial charge in [-0.2, -0.15) is 0 Å². The smallest absolute Gasteiger partial charge is 0.238 e.